The first kappa shape index (κ1) is 14.0. The van der Waals surface area contributed by atoms with Gasteiger partial charge in [-0.1, -0.05) is 44.2 Å². The number of hydrogen-bond donors (Lipinski definition) is 0. The predicted molar refractivity (Wildman–Crippen MR) is 85.3 cm³/mol. The third kappa shape index (κ3) is 3.05. The standard InChI is InChI=1S/C19H22O2/c1-3-14(2)15-8-10-17(11-9-15)20-12-16-13-21-19-7-5-4-6-18(16)19/h4-11,14,16H,3,12-13H2,1-2H3. The van der Waals surface area contributed by atoms with Gasteiger partial charge in [-0.05, 0) is 36.1 Å². The van der Waals surface area contributed by atoms with Gasteiger partial charge in [-0.15, -0.1) is 0 Å². The van der Waals surface area contributed by atoms with Crippen LogP contribution in [0.3, 0.4) is 0 Å². The van der Waals surface area contributed by atoms with Gasteiger partial charge in [-0.2, -0.15) is 0 Å². The number of para-hydroxylation sites is 1. The molecule has 0 bridgehead atoms. The SMILES string of the molecule is CCC(C)c1ccc(OCC2COc3ccccc32)cc1. The molecule has 0 fully saturated rings. The van der Waals surface area contributed by atoms with E-state index in [2.05, 4.69) is 50.2 Å². The maximum Gasteiger partial charge on any atom is 0.123 e. The van der Waals surface area contributed by atoms with Crippen molar-refractivity contribution in [1.82, 2.24) is 0 Å². The van der Waals surface area contributed by atoms with Crippen molar-refractivity contribution in [3.63, 3.8) is 0 Å². The molecule has 2 aromatic rings. The molecule has 1 aliphatic rings. The lowest BCUT2D eigenvalue weighted by Gasteiger charge is -2.13. The van der Waals surface area contributed by atoms with Gasteiger partial charge in [0.1, 0.15) is 11.5 Å². The Bertz CT molecular complexity index is 589. The van der Waals surface area contributed by atoms with Crippen molar-refractivity contribution >= 4 is 0 Å². The molecule has 0 saturated heterocycles. The zero-order valence-corrected chi connectivity index (χ0v) is 12.7. The highest BCUT2D eigenvalue weighted by atomic mass is 16.5. The first-order valence-corrected chi connectivity index (χ1v) is 7.72. The fourth-order valence-electron chi connectivity index (χ4n) is 2.69. The van der Waals surface area contributed by atoms with E-state index >= 15 is 0 Å². The smallest absolute Gasteiger partial charge is 0.123 e. The molecule has 2 unspecified atom stereocenters. The van der Waals surface area contributed by atoms with Crippen LogP contribution in [0.25, 0.3) is 0 Å². The zero-order valence-electron chi connectivity index (χ0n) is 12.7. The lowest BCUT2D eigenvalue weighted by molar-refractivity contribution is 0.248. The van der Waals surface area contributed by atoms with Crippen molar-refractivity contribution in [3.05, 3.63) is 59.7 Å². The van der Waals surface area contributed by atoms with E-state index < -0.39 is 0 Å². The second-order valence-electron chi connectivity index (χ2n) is 5.74. The number of benzene rings is 2. The molecule has 2 aromatic carbocycles. The van der Waals surface area contributed by atoms with Crippen LogP contribution in [0.5, 0.6) is 11.5 Å². The molecule has 3 rings (SSSR count). The van der Waals surface area contributed by atoms with Gasteiger partial charge in [0.25, 0.3) is 0 Å². The first-order valence-electron chi connectivity index (χ1n) is 7.72. The fraction of sp³-hybridized carbons (Fsp3) is 0.368. The topological polar surface area (TPSA) is 18.5 Å². The Kier molecular flexibility index (Phi) is 4.14. The largest absolute Gasteiger partial charge is 0.493 e. The van der Waals surface area contributed by atoms with Gasteiger partial charge in [-0.3, -0.25) is 0 Å². The van der Waals surface area contributed by atoms with Crippen LogP contribution in [0, 0.1) is 0 Å². The van der Waals surface area contributed by atoms with E-state index in [0.717, 1.165) is 17.9 Å². The Morgan fingerprint density at radius 3 is 2.67 bits per heavy atom. The van der Waals surface area contributed by atoms with Crippen LogP contribution >= 0.6 is 0 Å². The van der Waals surface area contributed by atoms with E-state index in [1.807, 2.05) is 12.1 Å². The molecule has 110 valence electrons. The molecule has 1 heterocycles. The maximum atomic E-state index is 5.94. The molecule has 2 nitrogen and oxygen atoms in total. The number of rotatable bonds is 5. The molecule has 0 spiro atoms. The minimum absolute atomic E-state index is 0.329. The molecule has 0 N–H and O–H groups in total. The van der Waals surface area contributed by atoms with Crippen LogP contribution in [0.1, 0.15) is 43.2 Å². The van der Waals surface area contributed by atoms with Gasteiger partial charge in [0.05, 0.1) is 19.1 Å². The quantitative estimate of drug-likeness (QED) is 0.787. The van der Waals surface area contributed by atoms with Gasteiger partial charge in [-0.25, -0.2) is 0 Å². The molecule has 0 saturated carbocycles. The molecular weight excluding hydrogens is 260 g/mol. The lowest BCUT2D eigenvalue weighted by Crippen LogP contribution is -2.11. The van der Waals surface area contributed by atoms with Gasteiger partial charge in [0.2, 0.25) is 0 Å². The average Bonchev–Trinajstić information content (AvgIpc) is 2.96. The number of ether oxygens (including phenoxy) is 2. The highest BCUT2D eigenvalue weighted by Gasteiger charge is 2.24. The van der Waals surface area contributed by atoms with Crippen molar-refractivity contribution < 1.29 is 9.47 Å². The minimum atomic E-state index is 0.329. The molecule has 1 aliphatic heterocycles. The molecule has 0 amide bonds. The Morgan fingerprint density at radius 1 is 1.14 bits per heavy atom. The van der Waals surface area contributed by atoms with Gasteiger partial charge >= 0.3 is 0 Å². The summed E-state index contributed by atoms with van der Waals surface area (Å²) in [5.74, 6) is 2.87. The molecule has 2 atom stereocenters. The third-order valence-corrected chi connectivity index (χ3v) is 4.31. The first-order chi connectivity index (χ1) is 10.3. The van der Waals surface area contributed by atoms with Crippen LogP contribution in [0.15, 0.2) is 48.5 Å². The van der Waals surface area contributed by atoms with E-state index in [4.69, 9.17) is 9.47 Å². The highest BCUT2D eigenvalue weighted by Crippen LogP contribution is 2.33. The summed E-state index contributed by atoms with van der Waals surface area (Å²) in [6.07, 6.45) is 1.16. The highest BCUT2D eigenvalue weighted by molar-refractivity contribution is 5.40. The van der Waals surface area contributed by atoms with E-state index in [-0.39, 0.29) is 0 Å². The molecular formula is C19H22O2. The molecule has 21 heavy (non-hydrogen) atoms. The summed E-state index contributed by atoms with van der Waals surface area (Å²) >= 11 is 0. The van der Waals surface area contributed by atoms with Crippen LogP contribution in [0.2, 0.25) is 0 Å². The Balaban J connectivity index is 1.61. The van der Waals surface area contributed by atoms with Crippen molar-refractivity contribution in [2.75, 3.05) is 13.2 Å². The molecule has 0 radical (unpaired) electrons. The van der Waals surface area contributed by atoms with Crippen LogP contribution in [0.4, 0.5) is 0 Å². The Labute approximate surface area is 126 Å². The monoisotopic (exact) mass is 282 g/mol. The third-order valence-electron chi connectivity index (χ3n) is 4.31. The second-order valence-corrected chi connectivity index (χ2v) is 5.74. The van der Waals surface area contributed by atoms with E-state index in [1.165, 1.54) is 11.1 Å². The minimum Gasteiger partial charge on any atom is -0.493 e. The summed E-state index contributed by atoms with van der Waals surface area (Å²) in [4.78, 5) is 0. The van der Waals surface area contributed by atoms with Crippen molar-refractivity contribution in [2.45, 2.75) is 32.1 Å². The van der Waals surface area contributed by atoms with E-state index in [1.54, 1.807) is 0 Å². The van der Waals surface area contributed by atoms with E-state index in [9.17, 15) is 0 Å². The molecule has 0 aromatic heterocycles. The predicted octanol–water partition coefficient (Wildman–Crippen LogP) is 4.76. The number of hydrogen-bond acceptors (Lipinski definition) is 2. The summed E-state index contributed by atoms with van der Waals surface area (Å²) in [5, 5.41) is 0. The molecule has 2 heteroatoms. The van der Waals surface area contributed by atoms with Crippen LogP contribution < -0.4 is 9.47 Å². The van der Waals surface area contributed by atoms with Crippen molar-refractivity contribution in [3.8, 4) is 11.5 Å². The lowest BCUT2D eigenvalue weighted by atomic mass is 9.99. The fourth-order valence-corrected chi connectivity index (χ4v) is 2.69. The number of fused-ring (bicyclic) bond motifs is 1. The van der Waals surface area contributed by atoms with Gasteiger partial charge < -0.3 is 9.47 Å². The van der Waals surface area contributed by atoms with Crippen molar-refractivity contribution in [1.29, 1.82) is 0 Å². The van der Waals surface area contributed by atoms with Gasteiger partial charge in [0, 0.05) is 5.56 Å². The Morgan fingerprint density at radius 2 is 1.90 bits per heavy atom. The van der Waals surface area contributed by atoms with Crippen LogP contribution in [-0.2, 0) is 0 Å². The summed E-state index contributed by atoms with van der Waals surface area (Å²) in [5.41, 5.74) is 2.63. The van der Waals surface area contributed by atoms with Crippen LogP contribution in [-0.4, -0.2) is 13.2 Å². The Hall–Kier alpha value is -1.96. The summed E-state index contributed by atoms with van der Waals surface area (Å²) in [7, 11) is 0. The summed E-state index contributed by atoms with van der Waals surface area (Å²) in [6, 6.07) is 16.7. The average molecular weight is 282 g/mol. The zero-order chi connectivity index (χ0) is 14.7. The normalized spacial score (nSPS) is 17.9. The van der Waals surface area contributed by atoms with Crippen molar-refractivity contribution in [2.24, 2.45) is 0 Å². The van der Waals surface area contributed by atoms with Gasteiger partial charge in [0.15, 0.2) is 0 Å². The maximum absolute atomic E-state index is 5.94. The summed E-state index contributed by atoms with van der Waals surface area (Å²) in [6.45, 7) is 5.85. The molecule has 0 aliphatic carbocycles. The summed E-state index contributed by atoms with van der Waals surface area (Å²) < 4.78 is 11.6. The second kappa shape index (κ2) is 6.21. The van der Waals surface area contributed by atoms with E-state index in [0.29, 0.717) is 25.0 Å².